The van der Waals surface area contributed by atoms with Gasteiger partial charge >= 0.3 is 5.69 Å². The lowest BCUT2D eigenvalue weighted by Crippen LogP contribution is -2.40. The molecule has 3 aromatic rings. The zero-order valence-electron chi connectivity index (χ0n) is 12.7. The molecule has 0 fully saturated rings. The first-order valence-electron chi connectivity index (χ1n) is 7.10. The molecule has 0 atom stereocenters. The number of benzene rings is 1. The first-order chi connectivity index (χ1) is 11.5. The predicted molar refractivity (Wildman–Crippen MR) is 101 cm³/mol. The third kappa shape index (κ3) is 2.87. The maximum absolute atomic E-state index is 12.8. The quantitative estimate of drug-likeness (QED) is 0.430. The zero-order chi connectivity index (χ0) is 17.4. The molecule has 0 saturated heterocycles. The van der Waals surface area contributed by atoms with Crippen molar-refractivity contribution in [1.29, 1.82) is 0 Å². The Bertz CT molecular complexity index is 1040. The van der Waals surface area contributed by atoms with E-state index in [0.717, 1.165) is 5.56 Å². The average Bonchev–Trinajstić information content (AvgIpc) is 2.89. The van der Waals surface area contributed by atoms with E-state index in [4.69, 9.17) is 11.6 Å². The topological polar surface area (TPSA) is 61.8 Å². The summed E-state index contributed by atoms with van der Waals surface area (Å²) in [6.45, 7) is 0.662. The van der Waals surface area contributed by atoms with Gasteiger partial charge in [-0.1, -0.05) is 45.7 Å². The van der Waals surface area contributed by atoms with Gasteiger partial charge in [0.1, 0.15) is 0 Å². The van der Waals surface area contributed by atoms with Crippen molar-refractivity contribution in [3.05, 3.63) is 60.4 Å². The van der Waals surface area contributed by atoms with Crippen LogP contribution in [0.4, 0.5) is 0 Å². The van der Waals surface area contributed by atoms with Crippen molar-refractivity contribution in [3.63, 3.8) is 0 Å². The zero-order valence-corrected chi connectivity index (χ0v) is 16.6. The summed E-state index contributed by atoms with van der Waals surface area (Å²) < 4.78 is 4.78. The Morgan fingerprint density at radius 1 is 1.21 bits per heavy atom. The molecule has 2 aromatic heterocycles. The lowest BCUT2D eigenvalue weighted by molar-refractivity contribution is 0.640. The third-order valence-electron chi connectivity index (χ3n) is 3.78. The summed E-state index contributed by atoms with van der Waals surface area (Å²) in [6.07, 6.45) is 0. The summed E-state index contributed by atoms with van der Waals surface area (Å²) in [5, 5.41) is 1.12. The molecule has 0 N–H and O–H groups in total. The van der Waals surface area contributed by atoms with E-state index in [-0.39, 0.29) is 17.8 Å². The summed E-state index contributed by atoms with van der Waals surface area (Å²) >= 11 is 12.9. The number of hydrogen-bond donors (Lipinski definition) is 0. The van der Waals surface area contributed by atoms with Crippen LogP contribution >= 0.6 is 43.5 Å². The minimum absolute atomic E-state index is 0.288. The summed E-state index contributed by atoms with van der Waals surface area (Å²) in [6, 6.07) is 7.41. The van der Waals surface area contributed by atoms with Crippen LogP contribution in [0.25, 0.3) is 11.2 Å². The van der Waals surface area contributed by atoms with Gasteiger partial charge in [-0.3, -0.25) is 13.9 Å². The first-order valence-corrected chi connectivity index (χ1v) is 9.40. The number of aryl methyl sites for hydroxylation is 1. The highest BCUT2D eigenvalue weighted by Crippen LogP contribution is 2.22. The van der Waals surface area contributed by atoms with Gasteiger partial charge in [0.05, 0.1) is 6.54 Å². The molecule has 2 heterocycles. The minimum Gasteiger partial charge on any atom is -0.308 e. The molecule has 0 amide bonds. The van der Waals surface area contributed by atoms with Crippen molar-refractivity contribution >= 4 is 54.6 Å². The summed E-state index contributed by atoms with van der Waals surface area (Å²) in [5.74, 6) is 0. The van der Waals surface area contributed by atoms with Crippen molar-refractivity contribution in [1.82, 2.24) is 18.7 Å². The van der Waals surface area contributed by atoms with E-state index in [2.05, 4.69) is 36.8 Å². The second kappa shape index (κ2) is 6.85. The van der Waals surface area contributed by atoms with Crippen molar-refractivity contribution < 1.29 is 0 Å². The fourth-order valence-corrected chi connectivity index (χ4v) is 3.59. The summed E-state index contributed by atoms with van der Waals surface area (Å²) in [5.41, 5.74) is 0.818. The highest BCUT2D eigenvalue weighted by Gasteiger charge is 2.19. The molecule has 0 saturated carbocycles. The molecule has 0 aliphatic rings. The van der Waals surface area contributed by atoms with Gasteiger partial charge in [0, 0.05) is 23.9 Å². The number of alkyl halides is 1. The predicted octanol–water partition coefficient (Wildman–Crippen LogP) is 2.76. The Balaban J connectivity index is 2.30. The molecule has 1 aromatic carbocycles. The highest BCUT2D eigenvalue weighted by atomic mass is 79.9. The lowest BCUT2D eigenvalue weighted by Gasteiger charge is -2.10. The molecule has 0 spiro atoms. The molecule has 9 heteroatoms. The van der Waals surface area contributed by atoms with E-state index in [0.29, 0.717) is 32.8 Å². The van der Waals surface area contributed by atoms with Gasteiger partial charge in [0.25, 0.3) is 5.56 Å². The van der Waals surface area contributed by atoms with Crippen LogP contribution in [0.15, 0.2) is 38.6 Å². The van der Waals surface area contributed by atoms with Gasteiger partial charge in [-0.25, -0.2) is 9.78 Å². The molecule has 0 unspecified atom stereocenters. The molecule has 3 rings (SSSR count). The number of hydrogen-bond acceptors (Lipinski definition) is 3. The Morgan fingerprint density at radius 2 is 1.92 bits per heavy atom. The van der Waals surface area contributed by atoms with Crippen LogP contribution in [0.5, 0.6) is 0 Å². The Kier molecular flexibility index (Phi) is 4.98. The van der Waals surface area contributed by atoms with Crippen molar-refractivity contribution in [3.8, 4) is 0 Å². The van der Waals surface area contributed by atoms with Gasteiger partial charge in [0.2, 0.25) is 0 Å². The minimum atomic E-state index is -0.387. The highest BCUT2D eigenvalue weighted by molar-refractivity contribution is 9.10. The molecule has 0 aliphatic carbocycles. The maximum atomic E-state index is 12.8. The monoisotopic (exact) mass is 474 g/mol. The van der Waals surface area contributed by atoms with Crippen LogP contribution < -0.4 is 11.2 Å². The molecule has 6 nitrogen and oxygen atoms in total. The largest absolute Gasteiger partial charge is 0.332 e. The van der Waals surface area contributed by atoms with E-state index in [1.165, 1.54) is 9.13 Å². The van der Waals surface area contributed by atoms with Crippen LogP contribution in [0.1, 0.15) is 5.56 Å². The number of rotatable bonds is 4. The maximum Gasteiger partial charge on any atom is 0.332 e. The van der Waals surface area contributed by atoms with E-state index < -0.39 is 0 Å². The molecular weight excluding hydrogens is 463 g/mol. The van der Waals surface area contributed by atoms with E-state index in [9.17, 15) is 9.59 Å². The van der Waals surface area contributed by atoms with Crippen molar-refractivity contribution in [2.45, 2.75) is 13.1 Å². The van der Waals surface area contributed by atoms with Crippen LogP contribution in [-0.2, 0) is 20.1 Å². The standard InChI is InChI=1S/C15H13Br2ClN4O2/c1-20-12-11(13(23)21(7-6-16)15(20)24)22(14(17)19-12)8-9-4-2-3-5-10(9)18/h2-5H,6-8H2,1H3. The number of fused-ring (bicyclic) bond motifs is 1. The molecule has 0 bridgehead atoms. The number of aromatic nitrogens is 4. The third-order valence-corrected chi connectivity index (χ3v) is 5.11. The van der Waals surface area contributed by atoms with Gasteiger partial charge in [0.15, 0.2) is 15.9 Å². The summed E-state index contributed by atoms with van der Waals surface area (Å²) in [7, 11) is 1.61. The van der Waals surface area contributed by atoms with Gasteiger partial charge < -0.3 is 4.57 Å². The Labute approximate surface area is 158 Å². The van der Waals surface area contributed by atoms with Crippen molar-refractivity contribution in [2.75, 3.05) is 5.33 Å². The fraction of sp³-hybridized carbons (Fsp3) is 0.267. The molecule has 0 aliphatic heterocycles. The van der Waals surface area contributed by atoms with Crippen LogP contribution in [0.3, 0.4) is 0 Å². The number of halogens is 3. The normalized spacial score (nSPS) is 11.3. The van der Waals surface area contributed by atoms with Gasteiger partial charge in [-0.15, -0.1) is 0 Å². The molecule has 126 valence electrons. The smallest absolute Gasteiger partial charge is 0.308 e. The van der Waals surface area contributed by atoms with Crippen LogP contribution in [0.2, 0.25) is 5.02 Å². The summed E-state index contributed by atoms with van der Waals surface area (Å²) in [4.78, 5) is 29.5. The Hall–Kier alpha value is -1.38. The van der Waals surface area contributed by atoms with Crippen LogP contribution in [-0.4, -0.2) is 24.0 Å². The fourth-order valence-electron chi connectivity index (χ4n) is 2.57. The van der Waals surface area contributed by atoms with Crippen molar-refractivity contribution in [2.24, 2.45) is 7.05 Å². The second-order valence-electron chi connectivity index (χ2n) is 5.22. The SMILES string of the molecule is Cn1c(=O)n(CCBr)c(=O)c2c1nc(Br)n2Cc1ccccc1Cl. The number of nitrogens with zero attached hydrogens (tertiary/aromatic N) is 4. The lowest BCUT2D eigenvalue weighted by atomic mass is 10.2. The molecular formula is C15H13Br2ClN4O2. The van der Waals surface area contributed by atoms with E-state index in [1.807, 2.05) is 18.2 Å². The first kappa shape index (κ1) is 17.4. The Morgan fingerprint density at radius 3 is 2.58 bits per heavy atom. The van der Waals surface area contributed by atoms with Gasteiger partial charge in [-0.2, -0.15) is 0 Å². The second-order valence-corrected chi connectivity index (χ2v) is 7.13. The number of imidazole rings is 1. The van der Waals surface area contributed by atoms with E-state index in [1.54, 1.807) is 17.7 Å². The van der Waals surface area contributed by atoms with Crippen LogP contribution in [0, 0.1) is 0 Å². The molecule has 0 radical (unpaired) electrons. The molecule has 24 heavy (non-hydrogen) atoms. The average molecular weight is 477 g/mol. The van der Waals surface area contributed by atoms with Gasteiger partial charge in [-0.05, 0) is 27.6 Å². The van der Waals surface area contributed by atoms with E-state index >= 15 is 0 Å².